The average molecular weight is 245 g/mol. The number of fused-ring (bicyclic) bond motifs is 1. The number of imidazole rings is 1. The van der Waals surface area contributed by atoms with Crippen LogP contribution in [0.15, 0.2) is 30.6 Å². The lowest BCUT2D eigenvalue weighted by molar-refractivity contribution is 0.942. The van der Waals surface area contributed by atoms with Crippen molar-refractivity contribution in [3.63, 3.8) is 0 Å². The number of hydrogen-bond donors (Lipinski definition) is 0. The molecule has 0 atom stereocenters. The van der Waals surface area contributed by atoms with Gasteiger partial charge in [0.2, 0.25) is 10.1 Å². The van der Waals surface area contributed by atoms with Crippen LogP contribution in [0.25, 0.3) is 16.3 Å². The Bertz CT molecular complexity index is 640. The molecule has 3 rings (SSSR count). The fraction of sp³-hybridized carbons (Fsp3) is 0.182. The van der Waals surface area contributed by atoms with Gasteiger partial charge in [-0.1, -0.05) is 17.4 Å². The number of hydrogen-bond acceptors (Lipinski definition) is 5. The van der Waals surface area contributed by atoms with Gasteiger partial charge in [0, 0.05) is 20.3 Å². The molecule has 0 spiro atoms. The van der Waals surface area contributed by atoms with Gasteiger partial charge >= 0.3 is 0 Å². The second-order valence-corrected chi connectivity index (χ2v) is 4.77. The summed E-state index contributed by atoms with van der Waals surface area (Å²) in [5, 5.41) is 5.44. The van der Waals surface area contributed by atoms with Crippen LogP contribution in [0.4, 0.5) is 5.13 Å². The zero-order valence-corrected chi connectivity index (χ0v) is 10.3. The summed E-state index contributed by atoms with van der Waals surface area (Å²) in [6.07, 6.45) is 3.58. The van der Waals surface area contributed by atoms with Crippen LogP contribution >= 0.6 is 11.3 Å². The quantitative estimate of drug-likeness (QED) is 0.692. The molecule has 86 valence electrons. The zero-order chi connectivity index (χ0) is 11.8. The minimum absolute atomic E-state index is 0.884. The summed E-state index contributed by atoms with van der Waals surface area (Å²) in [6.45, 7) is 0. The van der Waals surface area contributed by atoms with Gasteiger partial charge in [0.15, 0.2) is 0 Å². The van der Waals surface area contributed by atoms with Crippen molar-refractivity contribution in [3.05, 3.63) is 30.6 Å². The molecule has 0 aliphatic carbocycles. The van der Waals surface area contributed by atoms with E-state index in [0.717, 1.165) is 21.5 Å². The highest BCUT2D eigenvalue weighted by Gasteiger charge is 2.12. The first-order valence-electron chi connectivity index (χ1n) is 5.19. The Morgan fingerprint density at radius 1 is 1.24 bits per heavy atom. The Morgan fingerprint density at radius 2 is 2.12 bits per heavy atom. The maximum Gasteiger partial charge on any atom is 0.214 e. The summed E-state index contributed by atoms with van der Waals surface area (Å²) >= 11 is 1.56. The van der Waals surface area contributed by atoms with Crippen LogP contribution < -0.4 is 4.90 Å². The topological polar surface area (TPSA) is 46.3 Å². The first kappa shape index (κ1) is 10.2. The molecule has 0 N–H and O–H groups in total. The summed E-state index contributed by atoms with van der Waals surface area (Å²) in [5.41, 5.74) is 1.81. The van der Waals surface area contributed by atoms with E-state index in [4.69, 9.17) is 0 Å². The number of aromatic nitrogens is 4. The average Bonchev–Trinajstić information content (AvgIpc) is 2.89. The van der Waals surface area contributed by atoms with Crippen LogP contribution in [-0.2, 0) is 0 Å². The molecule has 0 unspecified atom stereocenters. The van der Waals surface area contributed by atoms with E-state index in [0.29, 0.717) is 0 Å². The third-order valence-electron chi connectivity index (χ3n) is 2.38. The van der Waals surface area contributed by atoms with Crippen LogP contribution in [0, 0.1) is 0 Å². The predicted molar refractivity (Wildman–Crippen MR) is 68.4 cm³/mol. The molecule has 6 heteroatoms. The summed E-state index contributed by atoms with van der Waals surface area (Å²) in [7, 11) is 3.94. The summed E-state index contributed by atoms with van der Waals surface area (Å²) in [5.74, 6) is 0. The van der Waals surface area contributed by atoms with E-state index >= 15 is 0 Å². The molecule has 17 heavy (non-hydrogen) atoms. The lowest BCUT2D eigenvalue weighted by Crippen LogP contribution is -2.08. The Morgan fingerprint density at radius 3 is 2.82 bits per heavy atom. The third-order valence-corrected chi connectivity index (χ3v) is 3.47. The number of anilines is 1. The second-order valence-electron chi connectivity index (χ2n) is 3.83. The summed E-state index contributed by atoms with van der Waals surface area (Å²) in [6, 6.07) is 5.81. The van der Waals surface area contributed by atoms with Crippen molar-refractivity contribution in [3.8, 4) is 11.4 Å². The van der Waals surface area contributed by atoms with E-state index in [2.05, 4.69) is 15.1 Å². The van der Waals surface area contributed by atoms with Crippen LogP contribution in [-0.4, -0.2) is 33.7 Å². The minimum Gasteiger partial charge on any atom is -0.353 e. The molecule has 0 amide bonds. The predicted octanol–water partition coefficient (Wildman–Crippen LogP) is 1.92. The van der Waals surface area contributed by atoms with Crippen molar-refractivity contribution >= 4 is 21.4 Å². The molecular weight excluding hydrogens is 234 g/mol. The normalized spacial score (nSPS) is 10.9. The Balaban J connectivity index is 2.18. The van der Waals surface area contributed by atoms with E-state index in [1.54, 1.807) is 23.7 Å². The number of rotatable bonds is 2. The Labute approximate surface area is 102 Å². The smallest absolute Gasteiger partial charge is 0.214 e. The monoisotopic (exact) mass is 245 g/mol. The molecule has 0 aromatic carbocycles. The molecule has 0 saturated heterocycles. The molecule has 0 fully saturated rings. The minimum atomic E-state index is 0.884. The van der Waals surface area contributed by atoms with Gasteiger partial charge in [-0.2, -0.15) is 4.52 Å². The van der Waals surface area contributed by atoms with Gasteiger partial charge in [-0.25, -0.2) is 4.98 Å². The van der Waals surface area contributed by atoms with Gasteiger partial charge < -0.3 is 4.90 Å². The molecule has 0 aliphatic heterocycles. The van der Waals surface area contributed by atoms with E-state index in [1.807, 2.05) is 41.7 Å². The Hall–Kier alpha value is -1.95. The molecule has 0 bridgehead atoms. The van der Waals surface area contributed by atoms with Crippen LogP contribution in [0.1, 0.15) is 0 Å². The van der Waals surface area contributed by atoms with Crippen LogP contribution in [0.5, 0.6) is 0 Å². The first-order chi connectivity index (χ1) is 8.25. The second kappa shape index (κ2) is 3.81. The lowest BCUT2D eigenvalue weighted by atomic mass is 10.3. The van der Waals surface area contributed by atoms with Crippen LogP contribution in [0.2, 0.25) is 0 Å². The van der Waals surface area contributed by atoms with Gasteiger partial charge in [-0.15, -0.1) is 5.10 Å². The molecule has 3 aromatic heterocycles. The Kier molecular flexibility index (Phi) is 2.29. The van der Waals surface area contributed by atoms with Crippen molar-refractivity contribution in [2.75, 3.05) is 19.0 Å². The van der Waals surface area contributed by atoms with Crippen LogP contribution in [0.3, 0.4) is 0 Å². The largest absolute Gasteiger partial charge is 0.353 e. The third kappa shape index (κ3) is 1.66. The van der Waals surface area contributed by atoms with Gasteiger partial charge in [0.1, 0.15) is 5.69 Å². The van der Waals surface area contributed by atoms with E-state index in [9.17, 15) is 0 Å². The fourth-order valence-electron chi connectivity index (χ4n) is 1.55. The summed E-state index contributed by atoms with van der Waals surface area (Å²) < 4.78 is 1.84. The van der Waals surface area contributed by atoms with E-state index in [-0.39, 0.29) is 0 Å². The summed E-state index contributed by atoms with van der Waals surface area (Å²) in [4.78, 5) is 11.5. The highest BCUT2D eigenvalue weighted by molar-refractivity contribution is 7.20. The maximum atomic E-state index is 4.51. The van der Waals surface area contributed by atoms with Crippen molar-refractivity contribution < 1.29 is 0 Å². The van der Waals surface area contributed by atoms with E-state index in [1.165, 1.54) is 0 Å². The highest BCUT2D eigenvalue weighted by atomic mass is 32.1. The standard InChI is InChI=1S/C11H11N5S/c1-15(2)11-14-16-9(7-13-10(16)17-11)8-5-3-4-6-12-8/h3-7H,1-2H3. The molecule has 5 nitrogen and oxygen atoms in total. The van der Waals surface area contributed by atoms with Crippen molar-refractivity contribution in [1.29, 1.82) is 0 Å². The van der Waals surface area contributed by atoms with Gasteiger partial charge in [0.05, 0.1) is 11.9 Å². The maximum absolute atomic E-state index is 4.51. The number of pyridine rings is 1. The van der Waals surface area contributed by atoms with Gasteiger partial charge in [-0.05, 0) is 12.1 Å². The molecule has 3 aromatic rings. The van der Waals surface area contributed by atoms with Crippen molar-refractivity contribution in [1.82, 2.24) is 19.6 Å². The molecule has 0 saturated carbocycles. The molecular formula is C11H11N5S. The van der Waals surface area contributed by atoms with E-state index < -0.39 is 0 Å². The SMILES string of the molecule is CN(C)c1nn2c(-c3ccccn3)cnc2s1. The highest BCUT2D eigenvalue weighted by Crippen LogP contribution is 2.25. The van der Waals surface area contributed by atoms with Crippen molar-refractivity contribution in [2.24, 2.45) is 0 Å². The van der Waals surface area contributed by atoms with Gasteiger partial charge in [-0.3, -0.25) is 4.98 Å². The molecule has 3 heterocycles. The zero-order valence-electron chi connectivity index (χ0n) is 9.53. The molecule has 0 radical (unpaired) electrons. The number of nitrogens with zero attached hydrogens (tertiary/aromatic N) is 5. The fourth-order valence-corrected chi connectivity index (χ4v) is 2.35. The molecule has 0 aliphatic rings. The van der Waals surface area contributed by atoms with Crippen molar-refractivity contribution in [2.45, 2.75) is 0 Å². The lowest BCUT2D eigenvalue weighted by Gasteiger charge is -2.04. The first-order valence-corrected chi connectivity index (χ1v) is 6.00. The van der Waals surface area contributed by atoms with Gasteiger partial charge in [0.25, 0.3) is 0 Å².